The minimum atomic E-state index is -4.90. The number of carbonyl (C=O) groups is 2. The number of nitriles is 1. The van der Waals surface area contributed by atoms with Crippen molar-refractivity contribution in [3.8, 4) is 6.07 Å². The Morgan fingerprint density at radius 3 is 2.44 bits per heavy atom. The minimum Gasteiger partial charge on any atom is -0.366 e. The standard InChI is InChI=1S/C27H19F4N5O2S/c28-22-17(23(33)37)7-8-21(18(22)11-15-5-2-1-3-6-15)36-25(39)35(24(38)26(36)9-4-10-26)16-12-19(27(29,30)31)20(13-32)34-14-16/h1-3,5-8,12,14H,4,9-11H2,(H2,33,37). The molecule has 7 nitrogen and oxygen atoms in total. The molecule has 2 aromatic carbocycles. The minimum absolute atomic E-state index is 0.0309. The van der Waals surface area contributed by atoms with E-state index in [2.05, 4.69) is 4.98 Å². The van der Waals surface area contributed by atoms with Crippen molar-refractivity contribution in [2.45, 2.75) is 37.4 Å². The Morgan fingerprint density at radius 2 is 1.87 bits per heavy atom. The van der Waals surface area contributed by atoms with E-state index in [-0.39, 0.29) is 34.0 Å². The van der Waals surface area contributed by atoms with Crippen LogP contribution in [0.15, 0.2) is 54.7 Å². The molecular weight excluding hydrogens is 534 g/mol. The van der Waals surface area contributed by atoms with Crippen molar-refractivity contribution in [2.24, 2.45) is 5.73 Å². The number of alkyl halides is 3. The van der Waals surface area contributed by atoms with Gasteiger partial charge in [0.05, 0.1) is 28.7 Å². The molecule has 1 spiro atoms. The molecule has 3 aromatic rings. The van der Waals surface area contributed by atoms with Gasteiger partial charge in [-0.15, -0.1) is 0 Å². The van der Waals surface area contributed by atoms with E-state index in [1.807, 2.05) is 0 Å². The number of hydrogen-bond acceptors (Lipinski definition) is 5. The first-order valence-corrected chi connectivity index (χ1v) is 12.2. The number of nitrogens with zero attached hydrogens (tertiary/aromatic N) is 4. The Bertz CT molecular complexity index is 1560. The second-order valence-electron chi connectivity index (χ2n) is 9.29. The van der Waals surface area contributed by atoms with Crippen LogP contribution in [0.4, 0.5) is 28.9 Å². The number of benzene rings is 2. The summed E-state index contributed by atoms with van der Waals surface area (Å²) in [6, 6.07) is 13.6. The number of nitrogens with two attached hydrogens (primary N) is 1. The zero-order valence-electron chi connectivity index (χ0n) is 20.1. The van der Waals surface area contributed by atoms with Gasteiger partial charge in [0.15, 0.2) is 10.8 Å². The molecule has 2 heterocycles. The predicted molar refractivity (Wildman–Crippen MR) is 137 cm³/mol. The Balaban J connectivity index is 1.67. The van der Waals surface area contributed by atoms with Gasteiger partial charge in [0, 0.05) is 12.0 Å². The number of pyridine rings is 1. The van der Waals surface area contributed by atoms with Crippen LogP contribution in [0.25, 0.3) is 0 Å². The molecule has 2 aliphatic rings. The first-order valence-electron chi connectivity index (χ1n) is 11.8. The lowest BCUT2D eigenvalue weighted by atomic mass is 9.75. The summed E-state index contributed by atoms with van der Waals surface area (Å²) in [6.07, 6.45) is -2.61. The molecule has 2 fully saturated rings. The van der Waals surface area contributed by atoms with Crippen LogP contribution in [-0.2, 0) is 17.4 Å². The maximum Gasteiger partial charge on any atom is 0.419 e. The maximum atomic E-state index is 15.8. The van der Waals surface area contributed by atoms with Crippen molar-refractivity contribution >= 4 is 40.5 Å². The molecule has 198 valence electrons. The molecule has 0 radical (unpaired) electrons. The van der Waals surface area contributed by atoms with Crippen LogP contribution in [0, 0.1) is 17.1 Å². The van der Waals surface area contributed by atoms with Crippen LogP contribution in [-0.4, -0.2) is 27.4 Å². The average Bonchev–Trinajstić information content (AvgIpc) is 3.11. The van der Waals surface area contributed by atoms with Crippen LogP contribution >= 0.6 is 12.2 Å². The quantitative estimate of drug-likeness (QED) is 0.358. The van der Waals surface area contributed by atoms with Gasteiger partial charge >= 0.3 is 6.18 Å². The molecule has 39 heavy (non-hydrogen) atoms. The van der Waals surface area contributed by atoms with Gasteiger partial charge in [0.1, 0.15) is 17.4 Å². The van der Waals surface area contributed by atoms with Crippen molar-refractivity contribution in [1.29, 1.82) is 5.26 Å². The van der Waals surface area contributed by atoms with Gasteiger partial charge < -0.3 is 10.6 Å². The number of thiocarbonyl (C=S) groups is 1. The second kappa shape index (κ2) is 9.43. The first kappa shape index (κ1) is 26.2. The highest BCUT2D eigenvalue weighted by atomic mass is 32.1. The number of anilines is 2. The molecule has 2 amide bonds. The SMILES string of the molecule is N#Cc1ncc(N2C(=O)C3(CCC3)N(c3ccc(C(N)=O)c(F)c3Cc3ccccc3)C2=S)cc1C(F)(F)F. The zero-order valence-corrected chi connectivity index (χ0v) is 20.9. The number of hydrogen-bond donors (Lipinski definition) is 1. The normalized spacial score (nSPS) is 16.4. The van der Waals surface area contributed by atoms with E-state index in [9.17, 15) is 22.8 Å². The predicted octanol–water partition coefficient (Wildman–Crippen LogP) is 4.86. The van der Waals surface area contributed by atoms with E-state index in [4.69, 9.17) is 23.2 Å². The Labute approximate surface area is 225 Å². The number of primary amides is 1. The lowest BCUT2D eigenvalue weighted by Crippen LogP contribution is -2.55. The summed E-state index contributed by atoms with van der Waals surface area (Å²) in [5.41, 5.74) is 2.37. The van der Waals surface area contributed by atoms with Crippen molar-refractivity contribution in [3.63, 3.8) is 0 Å². The third-order valence-corrected chi connectivity index (χ3v) is 7.45. The van der Waals surface area contributed by atoms with E-state index in [1.54, 1.807) is 30.3 Å². The molecule has 0 bridgehead atoms. The zero-order chi connectivity index (χ0) is 28.1. The highest BCUT2D eigenvalue weighted by molar-refractivity contribution is 7.81. The van der Waals surface area contributed by atoms with E-state index in [1.165, 1.54) is 23.1 Å². The smallest absolute Gasteiger partial charge is 0.366 e. The molecule has 2 N–H and O–H groups in total. The van der Waals surface area contributed by atoms with Crippen molar-refractivity contribution in [2.75, 3.05) is 9.80 Å². The van der Waals surface area contributed by atoms with Gasteiger partial charge in [-0.25, -0.2) is 9.37 Å². The summed E-state index contributed by atoms with van der Waals surface area (Å²) in [7, 11) is 0. The number of aromatic nitrogens is 1. The van der Waals surface area contributed by atoms with E-state index in [0.717, 1.165) is 11.1 Å². The van der Waals surface area contributed by atoms with Crippen LogP contribution in [0.5, 0.6) is 0 Å². The molecule has 1 aliphatic carbocycles. The van der Waals surface area contributed by atoms with Gasteiger partial charge in [-0.3, -0.25) is 14.5 Å². The summed E-state index contributed by atoms with van der Waals surface area (Å²) in [5, 5.41) is 8.94. The molecule has 1 saturated heterocycles. The first-order chi connectivity index (χ1) is 18.5. The number of rotatable bonds is 5. The molecular formula is C27H19F4N5O2S. The molecule has 0 atom stereocenters. The van der Waals surface area contributed by atoms with Crippen molar-refractivity contribution in [1.82, 2.24) is 4.98 Å². The third-order valence-electron chi connectivity index (χ3n) is 7.08. The number of carbonyl (C=O) groups excluding carboxylic acids is 2. The molecule has 1 aliphatic heterocycles. The lowest BCUT2D eigenvalue weighted by Gasteiger charge is -2.43. The summed E-state index contributed by atoms with van der Waals surface area (Å²) in [4.78, 5) is 31.8. The van der Waals surface area contributed by atoms with Gasteiger partial charge in [-0.2, -0.15) is 18.4 Å². The largest absolute Gasteiger partial charge is 0.419 e. The molecule has 5 rings (SSSR count). The summed E-state index contributed by atoms with van der Waals surface area (Å²) in [5.74, 6) is -2.42. The third kappa shape index (κ3) is 4.19. The maximum absolute atomic E-state index is 15.8. The van der Waals surface area contributed by atoms with Crippen molar-refractivity contribution in [3.05, 3.63) is 88.5 Å². The average molecular weight is 554 g/mol. The monoisotopic (exact) mass is 553 g/mol. The Hall–Kier alpha value is -4.37. The van der Waals surface area contributed by atoms with Gasteiger partial charge in [-0.1, -0.05) is 30.3 Å². The van der Waals surface area contributed by atoms with Crippen LogP contribution in [0.3, 0.4) is 0 Å². The lowest BCUT2D eigenvalue weighted by molar-refractivity contribution is -0.138. The molecule has 1 aromatic heterocycles. The van der Waals surface area contributed by atoms with E-state index in [0.29, 0.717) is 30.9 Å². The summed E-state index contributed by atoms with van der Waals surface area (Å²) >= 11 is 5.64. The molecule has 0 unspecified atom stereocenters. The second-order valence-corrected chi connectivity index (χ2v) is 9.66. The fourth-order valence-electron chi connectivity index (χ4n) is 5.04. The summed E-state index contributed by atoms with van der Waals surface area (Å²) in [6.45, 7) is 0. The highest BCUT2D eigenvalue weighted by Crippen LogP contribution is 2.49. The highest BCUT2D eigenvalue weighted by Gasteiger charge is 2.60. The van der Waals surface area contributed by atoms with Gasteiger partial charge in [-0.05, 0) is 55.2 Å². The van der Waals surface area contributed by atoms with Gasteiger partial charge in [0.2, 0.25) is 0 Å². The van der Waals surface area contributed by atoms with Gasteiger partial charge in [0.25, 0.3) is 11.8 Å². The number of amides is 2. The Kier molecular flexibility index (Phi) is 6.34. The van der Waals surface area contributed by atoms with E-state index >= 15 is 4.39 Å². The fraction of sp³-hybridized carbons (Fsp3) is 0.222. The Morgan fingerprint density at radius 1 is 1.18 bits per heavy atom. The molecule has 12 heteroatoms. The van der Waals surface area contributed by atoms with Crippen LogP contribution in [0.1, 0.15) is 52.0 Å². The van der Waals surface area contributed by atoms with E-state index < -0.39 is 40.6 Å². The fourth-order valence-corrected chi connectivity index (χ4v) is 5.51. The van der Waals surface area contributed by atoms with Crippen molar-refractivity contribution < 1.29 is 27.2 Å². The topological polar surface area (TPSA) is 103 Å². The van der Waals surface area contributed by atoms with Crippen LogP contribution in [0.2, 0.25) is 0 Å². The number of halogens is 4. The summed E-state index contributed by atoms with van der Waals surface area (Å²) < 4.78 is 56.7. The van der Waals surface area contributed by atoms with Crippen LogP contribution < -0.4 is 15.5 Å². The molecule has 1 saturated carbocycles.